The third-order valence-electron chi connectivity index (χ3n) is 2.71. The van der Waals surface area contributed by atoms with Crippen molar-refractivity contribution in [3.8, 4) is 0 Å². The predicted octanol–water partition coefficient (Wildman–Crippen LogP) is 2.71. The highest BCUT2D eigenvalue weighted by Crippen LogP contribution is 2.15. The highest BCUT2D eigenvalue weighted by atomic mass is 19.1. The van der Waals surface area contributed by atoms with Gasteiger partial charge in [-0.15, -0.1) is 0 Å². The number of benzene rings is 1. The molecule has 2 N–H and O–H groups in total. The van der Waals surface area contributed by atoms with Gasteiger partial charge in [-0.05, 0) is 30.2 Å². The lowest BCUT2D eigenvalue weighted by atomic mass is 10.1. The van der Waals surface area contributed by atoms with Crippen LogP contribution in [0.1, 0.15) is 15.9 Å². The van der Waals surface area contributed by atoms with Crippen LogP contribution in [0.2, 0.25) is 0 Å². The third kappa shape index (κ3) is 3.28. The summed E-state index contributed by atoms with van der Waals surface area (Å²) in [5.74, 6) is -2.71. The molecule has 1 aromatic heterocycles. The molecule has 0 spiro atoms. The molecule has 4 nitrogen and oxygen atoms in total. The normalized spacial score (nSPS) is 10.3. The van der Waals surface area contributed by atoms with Crippen LogP contribution in [-0.4, -0.2) is 22.6 Å². The van der Waals surface area contributed by atoms with E-state index in [1.54, 1.807) is 12.1 Å². The van der Waals surface area contributed by atoms with E-state index in [-0.39, 0.29) is 11.6 Å². The number of pyridine rings is 1. The van der Waals surface area contributed by atoms with Crippen molar-refractivity contribution in [1.82, 2.24) is 4.98 Å². The molecule has 0 saturated heterocycles. The van der Waals surface area contributed by atoms with Gasteiger partial charge < -0.3 is 10.4 Å². The molecular weight excluding hydrogens is 266 g/mol. The number of hydrogen-bond donors (Lipinski definition) is 2. The highest BCUT2D eigenvalue weighted by Gasteiger charge is 2.14. The number of aromatic nitrogens is 1. The second-order valence-corrected chi connectivity index (χ2v) is 4.13. The lowest BCUT2D eigenvalue weighted by molar-refractivity contribution is 0.0692. The largest absolute Gasteiger partial charge is 0.478 e. The van der Waals surface area contributed by atoms with Gasteiger partial charge in [-0.2, -0.15) is 0 Å². The molecule has 0 aliphatic heterocycles. The summed E-state index contributed by atoms with van der Waals surface area (Å²) in [6.07, 6.45) is 1.69. The van der Waals surface area contributed by atoms with E-state index >= 15 is 0 Å². The van der Waals surface area contributed by atoms with Gasteiger partial charge in [0.05, 0.1) is 0 Å². The van der Waals surface area contributed by atoms with Gasteiger partial charge >= 0.3 is 5.97 Å². The van der Waals surface area contributed by atoms with Gasteiger partial charge in [-0.25, -0.2) is 18.6 Å². The van der Waals surface area contributed by atoms with Crippen LogP contribution in [0.15, 0.2) is 36.5 Å². The van der Waals surface area contributed by atoms with Crippen molar-refractivity contribution in [2.24, 2.45) is 0 Å². The molecule has 0 fully saturated rings. The number of aromatic carboxylic acids is 1. The zero-order chi connectivity index (χ0) is 14.5. The van der Waals surface area contributed by atoms with Crippen LogP contribution in [0.25, 0.3) is 0 Å². The summed E-state index contributed by atoms with van der Waals surface area (Å²) in [5.41, 5.74) is 0.320. The number of nitrogens with one attached hydrogen (secondary N) is 1. The van der Waals surface area contributed by atoms with Crippen LogP contribution in [-0.2, 0) is 6.42 Å². The molecule has 2 aromatic rings. The van der Waals surface area contributed by atoms with E-state index in [0.29, 0.717) is 13.0 Å². The Morgan fingerprint density at radius 1 is 1.30 bits per heavy atom. The topological polar surface area (TPSA) is 62.2 Å². The van der Waals surface area contributed by atoms with Gasteiger partial charge in [0.1, 0.15) is 11.4 Å². The first-order chi connectivity index (χ1) is 9.58. The lowest BCUT2D eigenvalue weighted by Gasteiger charge is -2.08. The van der Waals surface area contributed by atoms with E-state index in [9.17, 15) is 13.6 Å². The fraction of sp³-hybridized carbons (Fsp3) is 0.143. The summed E-state index contributed by atoms with van der Waals surface area (Å²) < 4.78 is 26.7. The van der Waals surface area contributed by atoms with Gasteiger partial charge in [-0.1, -0.05) is 12.1 Å². The average Bonchev–Trinajstić information content (AvgIpc) is 2.40. The summed E-state index contributed by atoms with van der Waals surface area (Å²) >= 11 is 0. The van der Waals surface area contributed by atoms with E-state index in [1.807, 2.05) is 0 Å². The molecule has 1 heterocycles. The Balaban J connectivity index is 2.01. The second-order valence-electron chi connectivity index (χ2n) is 4.13. The number of carboxylic acid groups (broad SMARTS) is 1. The minimum atomic E-state index is -1.35. The van der Waals surface area contributed by atoms with E-state index in [2.05, 4.69) is 10.3 Å². The molecule has 0 unspecified atom stereocenters. The molecule has 0 radical (unpaired) electrons. The average molecular weight is 278 g/mol. The minimum absolute atomic E-state index is 0.124. The number of rotatable bonds is 5. The molecule has 0 aliphatic rings. The van der Waals surface area contributed by atoms with Crippen LogP contribution < -0.4 is 5.32 Å². The lowest BCUT2D eigenvalue weighted by Crippen LogP contribution is -2.11. The van der Waals surface area contributed by atoms with Gasteiger partial charge in [0.15, 0.2) is 11.6 Å². The quantitative estimate of drug-likeness (QED) is 0.882. The smallest absolute Gasteiger partial charge is 0.338 e. The number of nitrogens with zero attached hydrogens (tertiary/aromatic N) is 1. The van der Waals surface area contributed by atoms with Crippen molar-refractivity contribution in [2.75, 3.05) is 11.9 Å². The Kier molecular flexibility index (Phi) is 4.24. The molecule has 0 atom stereocenters. The highest BCUT2D eigenvalue weighted by molar-refractivity contribution is 5.88. The monoisotopic (exact) mass is 278 g/mol. The van der Waals surface area contributed by atoms with Gasteiger partial charge in [-0.3, -0.25) is 0 Å². The number of carboxylic acids is 1. The summed E-state index contributed by atoms with van der Waals surface area (Å²) in [6.45, 7) is 0.316. The standard InChI is InChI=1S/C14H12F2N2O2/c15-10-3-1-2-9(8-10)4-6-17-13-12(16)11(14(19)20)5-7-18-13/h1-3,5,7-8H,4,6H2,(H,17,18)(H,19,20). The van der Waals surface area contributed by atoms with Gasteiger partial charge in [0, 0.05) is 12.7 Å². The molecule has 0 amide bonds. The van der Waals surface area contributed by atoms with Crippen molar-refractivity contribution < 1.29 is 18.7 Å². The van der Waals surface area contributed by atoms with Crippen LogP contribution in [0.3, 0.4) is 0 Å². The summed E-state index contributed by atoms with van der Waals surface area (Å²) in [4.78, 5) is 14.5. The second kappa shape index (κ2) is 6.10. The van der Waals surface area contributed by atoms with Crippen LogP contribution >= 0.6 is 0 Å². The summed E-state index contributed by atoms with van der Waals surface area (Å²) in [5, 5.41) is 11.5. The molecule has 104 valence electrons. The number of halogens is 2. The summed E-state index contributed by atoms with van der Waals surface area (Å²) in [7, 11) is 0. The van der Waals surface area contributed by atoms with Gasteiger partial charge in [0.25, 0.3) is 0 Å². The van der Waals surface area contributed by atoms with E-state index in [0.717, 1.165) is 11.6 Å². The molecule has 0 saturated carbocycles. The van der Waals surface area contributed by atoms with Crippen molar-refractivity contribution >= 4 is 11.8 Å². The Hall–Kier alpha value is -2.50. The molecule has 0 bridgehead atoms. The molecule has 0 aliphatic carbocycles. The fourth-order valence-electron chi connectivity index (χ4n) is 1.75. The van der Waals surface area contributed by atoms with Gasteiger partial charge in [0.2, 0.25) is 0 Å². The number of carbonyl (C=O) groups is 1. The van der Waals surface area contributed by atoms with Crippen molar-refractivity contribution in [2.45, 2.75) is 6.42 Å². The Bertz CT molecular complexity index is 632. The Morgan fingerprint density at radius 2 is 2.10 bits per heavy atom. The first-order valence-corrected chi connectivity index (χ1v) is 5.94. The predicted molar refractivity (Wildman–Crippen MR) is 69.7 cm³/mol. The number of hydrogen-bond acceptors (Lipinski definition) is 3. The van der Waals surface area contributed by atoms with Crippen LogP contribution in [0, 0.1) is 11.6 Å². The molecular formula is C14H12F2N2O2. The Labute approximate surface area is 114 Å². The maximum absolute atomic E-state index is 13.7. The maximum Gasteiger partial charge on any atom is 0.338 e. The van der Waals surface area contributed by atoms with Crippen LogP contribution in [0.5, 0.6) is 0 Å². The van der Waals surface area contributed by atoms with Crippen molar-refractivity contribution in [1.29, 1.82) is 0 Å². The van der Waals surface area contributed by atoms with Crippen molar-refractivity contribution in [3.63, 3.8) is 0 Å². The maximum atomic E-state index is 13.7. The van der Waals surface area contributed by atoms with E-state index in [4.69, 9.17) is 5.11 Å². The van der Waals surface area contributed by atoms with E-state index < -0.39 is 17.3 Å². The SMILES string of the molecule is O=C(O)c1ccnc(NCCc2cccc(F)c2)c1F. The molecule has 20 heavy (non-hydrogen) atoms. The molecule has 1 aromatic carbocycles. The fourth-order valence-corrected chi connectivity index (χ4v) is 1.75. The summed E-state index contributed by atoms with van der Waals surface area (Å²) in [6, 6.07) is 7.17. The number of anilines is 1. The zero-order valence-corrected chi connectivity index (χ0v) is 10.4. The molecule has 2 rings (SSSR count). The Morgan fingerprint density at radius 3 is 2.80 bits per heavy atom. The minimum Gasteiger partial charge on any atom is -0.478 e. The van der Waals surface area contributed by atoms with E-state index in [1.165, 1.54) is 18.3 Å². The first kappa shape index (κ1) is 13.9. The third-order valence-corrected chi connectivity index (χ3v) is 2.71. The molecule has 6 heteroatoms. The van der Waals surface area contributed by atoms with Crippen molar-refractivity contribution in [3.05, 3.63) is 59.3 Å². The zero-order valence-electron chi connectivity index (χ0n) is 10.4. The van der Waals surface area contributed by atoms with Crippen LogP contribution in [0.4, 0.5) is 14.6 Å². The first-order valence-electron chi connectivity index (χ1n) is 5.94.